The monoisotopic (exact) mass is 221 g/mol. The topological polar surface area (TPSA) is 29.1 Å². The molecule has 1 aliphatic heterocycles. The Balaban J connectivity index is 2.00. The Bertz CT molecular complexity index is 372. The number of hydrogen-bond donors (Lipinski definition) is 1. The van der Waals surface area contributed by atoms with Crippen LogP contribution in [0.25, 0.3) is 0 Å². The summed E-state index contributed by atoms with van der Waals surface area (Å²) < 4.78 is 13.4. The molecule has 1 saturated heterocycles. The van der Waals surface area contributed by atoms with Gasteiger partial charge in [-0.25, -0.2) is 4.39 Å². The van der Waals surface area contributed by atoms with Crippen LogP contribution in [0.4, 0.5) is 4.39 Å². The van der Waals surface area contributed by atoms with Crippen molar-refractivity contribution in [3.8, 4) is 0 Å². The van der Waals surface area contributed by atoms with E-state index in [1.54, 1.807) is 18.2 Å². The molecule has 1 aliphatic rings. The first kappa shape index (κ1) is 11.3. The Morgan fingerprint density at radius 2 is 2.00 bits per heavy atom. The third-order valence-electron chi connectivity index (χ3n) is 3.11. The summed E-state index contributed by atoms with van der Waals surface area (Å²) in [5.41, 5.74) is 0.237. The molecule has 2 rings (SSSR count). The van der Waals surface area contributed by atoms with Gasteiger partial charge in [0.15, 0.2) is 5.78 Å². The van der Waals surface area contributed by atoms with Crippen LogP contribution in [-0.4, -0.2) is 18.9 Å². The molecule has 0 bridgehead atoms. The second kappa shape index (κ2) is 5.21. The van der Waals surface area contributed by atoms with Gasteiger partial charge in [-0.05, 0) is 44.0 Å². The van der Waals surface area contributed by atoms with Crippen molar-refractivity contribution in [3.63, 3.8) is 0 Å². The highest BCUT2D eigenvalue weighted by molar-refractivity contribution is 5.96. The predicted molar refractivity (Wildman–Crippen MR) is 60.9 cm³/mol. The van der Waals surface area contributed by atoms with Gasteiger partial charge in [-0.15, -0.1) is 0 Å². The Hall–Kier alpha value is -1.22. The maximum Gasteiger partial charge on any atom is 0.166 e. The summed E-state index contributed by atoms with van der Waals surface area (Å²) in [7, 11) is 0. The average Bonchev–Trinajstić information content (AvgIpc) is 2.31. The molecule has 0 radical (unpaired) electrons. The van der Waals surface area contributed by atoms with Crippen LogP contribution in [0, 0.1) is 11.7 Å². The Morgan fingerprint density at radius 3 is 2.69 bits per heavy atom. The van der Waals surface area contributed by atoms with Crippen LogP contribution >= 0.6 is 0 Å². The van der Waals surface area contributed by atoms with Crippen molar-refractivity contribution in [1.82, 2.24) is 5.32 Å². The molecule has 3 heteroatoms. The van der Waals surface area contributed by atoms with Gasteiger partial charge in [0.05, 0.1) is 5.56 Å². The van der Waals surface area contributed by atoms with Gasteiger partial charge in [-0.2, -0.15) is 0 Å². The van der Waals surface area contributed by atoms with Crippen molar-refractivity contribution in [2.75, 3.05) is 13.1 Å². The molecule has 1 heterocycles. The van der Waals surface area contributed by atoms with E-state index in [0.717, 1.165) is 25.9 Å². The smallest absolute Gasteiger partial charge is 0.166 e. The molecular weight excluding hydrogens is 205 g/mol. The van der Waals surface area contributed by atoms with Gasteiger partial charge in [0.1, 0.15) is 5.82 Å². The molecule has 0 atom stereocenters. The molecule has 0 amide bonds. The molecule has 0 saturated carbocycles. The highest BCUT2D eigenvalue weighted by atomic mass is 19.1. The van der Waals surface area contributed by atoms with Crippen molar-refractivity contribution in [2.45, 2.75) is 19.3 Å². The molecule has 1 fully saturated rings. The fourth-order valence-electron chi connectivity index (χ4n) is 2.15. The number of carbonyl (C=O) groups is 1. The normalized spacial score (nSPS) is 17.3. The SMILES string of the molecule is O=C(CC1CCNCC1)c1ccccc1F. The van der Waals surface area contributed by atoms with Gasteiger partial charge < -0.3 is 5.32 Å². The summed E-state index contributed by atoms with van der Waals surface area (Å²) in [5, 5.41) is 3.25. The number of ketones is 1. The zero-order valence-electron chi connectivity index (χ0n) is 9.21. The number of nitrogens with one attached hydrogen (secondary N) is 1. The zero-order valence-corrected chi connectivity index (χ0v) is 9.21. The number of carbonyl (C=O) groups excluding carboxylic acids is 1. The van der Waals surface area contributed by atoms with E-state index in [1.807, 2.05) is 0 Å². The number of halogens is 1. The summed E-state index contributed by atoms with van der Waals surface area (Å²) in [6.45, 7) is 1.93. The molecule has 0 spiro atoms. The molecule has 0 unspecified atom stereocenters. The van der Waals surface area contributed by atoms with Gasteiger partial charge in [-0.3, -0.25) is 4.79 Å². The van der Waals surface area contributed by atoms with E-state index in [4.69, 9.17) is 0 Å². The molecule has 16 heavy (non-hydrogen) atoms. The van der Waals surface area contributed by atoms with Crippen LogP contribution in [0.15, 0.2) is 24.3 Å². The van der Waals surface area contributed by atoms with E-state index in [-0.39, 0.29) is 11.3 Å². The standard InChI is InChI=1S/C13H16FNO/c14-12-4-2-1-3-11(12)13(16)9-10-5-7-15-8-6-10/h1-4,10,15H,5-9H2. The van der Waals surface area contributed by atoms with Crippen LogP contribution in [0.1, 0.15) is 29.6 Å². The zero-order chi connectivity index (χ0) is 11.4. The molecule has 1 N–H and O–H groups in total. The molecular formula is C13H16FNO. The van der Waals surface area contributed by atoms with E-state index >= 15 is 0 Å². The van der Waals surface area contributed by atoms with Crippen molar-refractivity contribution < 1.29 is 9.18 Å². The number of Topliss-reactive ketones (excluding diaryl/α,β-unsaturated/α-hetero) is 1. The first-order chi connectivity index (χ1) is 7.77. The molecule has 1 aromatic carbocycles. The fourth-order valence-corrected chi connectivity index (χ4v) is 2.15. The highest BCUT2D eigenvalue weighted by Gasteiger charge is 2.19. The maximum absolute atomic E-state index is 13.4. The lowest BCUT2D eigenvalue weighted by molar-refractivity contribution is 0.0948. The lowest BCUT2D eigenvalue weighted by atomic mass is 9.90. The maximum atomic E-state index is 13.4. The van der Waals surface area contributed by atoms with Crippen LogP contribution in [0.3, 0.4) is 0 Å². The summed E-state index contributed by atoms with van der Waals surface area (Å²) in [6.07, 6.45) is 2.50. The second-order valence-corrected chi connectivity index (χ2v) is 4.30. The Morgan fingerprint density at radius 1 is 1.31 bits per heavy atom. The molecule has 0 aromatic heterocycles. The van der Waals surface area contributed by atoms with Gasteiger partial charge in [0.25, 0.3) is 0 Å². The summed E-state index contributed by atoms with van der Waals surface area (Å²) in [6, 6.07) is 6.23. The molecule has 2 nitrogen and oxygen atoms in total. The quantitative estimate of drug-likeness (QED) is 0.794. The van der Waals surface area contributed by atoms with E-state index < -0.39 is 5.82 Å². The lowest BCUT2D eigenvalue weighted by Gasteiger charge is -2.21. The highest BCUT2D eigenvalue weighted by Crippen LogP contribution is 2.19. The first-order valence-corrected chi connectivity index (χ1v) is 5.76. The van der Waals surface area contributed by atoms with Gasteiger partial charge in [0.2, 0.25) is 0 Å². The van der Waals surface area contributed by atoms with Crippen LogP contribution in [-0.2, 0) is 0 Å². The second-order valence-electron chi connectivity index (χ2n) is 4.30. The van der Waals surface area contributed by atoms with E-state index in [1.165, 1.54) is 6.07 Å². The minimum Gasteiger partial charge on any atom is -0.317 e. The van der Waals surface area contributed by atoms with Crippen LogP contribution in [0.2, 0.25) is 0 Å². The predicted octanol–water partition coefficient (Wildman–Crippen LogP) is 2.40. The van der Waals surface area contributed by atoms with Crippen molar-refractivity contribution in [2.24, 2.45) is 5.92 Å². The number of piperidine rings is 1. The van der Waals surface area contributed by atoms with Crippen LogP contribution < -0.4 is 5.32 Å². The van der Waals surface area contributed by atoms with Gasteiger partial charge >= 0.3 is 0 Å². The van der Waals surface area contributed by atoms with Gasteiger partial charge in [0, 0.05) is 6.42 Å². The average molecular weight is 221 g/mol. The number of benzene rings is 1. The van der Waals surface area contributed by atoms with E-state index in [9.17, 15) is 9.18 Å². The first-order valence-electron chi connectivity index (χ1n) is 5.76. The van der Waals surface area contributed by atoms with E-state index in [2.05, 4.69) is 5.32 Å². The fraction of sp³-hybridized carbons (Fsp3) is 0.462. The summed E-state index contributed by atoms with van der Waals surface area (Å²) in [5.74, 6) is -0.0557. The van der Waals surface area contributed by atoms with E-state index in [0.29, 0.717) is 12.3 Å². The summed E-state index contributed by atoms with van der Waals surface area (Å²) >= 11 is 0. The number of rotatable bonds is 3. The minimum absolute atomic E-state index is 0.0648. The third kappa shape index (κ3) is 2.67. The van der Waals surface area contributed by atoms with Crippen LogP contribution in [0.5, 0.6) is 0 Å². The minimum atomic E-state index is -0.401. The Kier molecular flexibility index (Phi) is 3.67. The third-order valence-corrected chi connectivity index (χ3v) is 3.11. The lowest BCUT2D eigenvalue weighted by Crippen LogP contribution is -2.29. The van der Waals surface area contributed by atoms with Crippen molar-refractivity contribution in [3.05, 3.63) is 35.6 Å². The molecule has 1 aromatic rings. The molecule has 86 valence electrons. The van der Waals surface area contributed by atoms with Crippen molar-refractivity contribution >= 4 is 5.78 Å². The number of hydrogen-bond acceptors (Lipinski definition) is 2. The Labute approximate surface area is 94.9 Å². The van der Waals surface area contributed by atoms with Gasteiger partial charge in [-0.1, -0.05) is 12.1 Å². The van der Waals surface area contributed by atoms with Crippen molar-refractivity contribution in [1.29, 1.82) is 0 Å². The molecule has 0 aliphatic carbocycles. The largest absolute Gasteiger partial charge is 0.317 e. The summed E-state index contributed by atoms with van der Waals surface area (Å²) in [4.78, 5) is 11.9.